The molecule has 1 aliphatic rings. The van der Waals surface area contributed by atoms with Crippen molar-refractivity contribution in [3.63, 3.8) is 0 Å². The molecule has 1 atom stereocenters. The second-order valence-corrected chi connectivity index (χ2v) is 4.46. The number of nitrogens with one attached hydrogen (secondary N) is 1. The van der Waals surface area contributed by atoms with E-state index in [1.807, 2.05) is 17.0 Å². The van der Waals surface area contributed by atoms with Crippen molar-refractivity contribution in [1.82, 2.24) is 4.90 Å². The fourth-order valence-electron chi connectivity index (χ4n) is 2.37. The van der Waals surface area contributed by atoms with E-state index in [4.69, 9.17) is 5.73 Å². The van der Waals surface area contributed by atoms with E-state index in [-0.39, 0.29) is 6.04 Å². The van der Waals surface area contributed by atoms with Gasteiger partial charge in [0.15, 0.2) is 0 Å². The van der Waals surface area contributed by atoms with Gasteiger partial charge in [-0.3, -0.25) is 4.79 Å². The van der Waals surface area contributed by atoms with Gasteiger partial charge in [0.1, 0.15) is 0 Å². The van der Waals surface area contributed by atoms with Gasteiger partial charge in [-0.2, -0.15) is 0 Å². The molecule has 17 heavy (non-hydrogen) atoms. The van der Waals surface area contributed by atoms with E-state index in [0.717, 1.165) is 43.7 Å². The number of amides is 1. The van der Waals surface area contributed by atoms with E-state index in [1.165, 1.54) is 5.56 Å². The minimum absolute atomic E-state index is 0.238. The Morgan fingerprint density at radius 1 is 1.59 bits per heavy atom. The molecule has 4 heteroatoms. The van der Waals surface area contributed by atoms with Crippen LogP contribution in [0.3, 0.4) is 0 Å². The summed E-state index contributed by atoms with van der Waals surface area (Å²) in [6, 6.07) is 6.17. The van der Waals surface area contributed by atoms with Gasteiger partial charge < -0.3 is 16.0 Å². The first-order valence-electron chi connectivity index (χ1n) is 6.08. The maximum atomic E-state index is 11.0. The van der Waals surface area contributed by atoms with Gasteiger partial charge in [0.05, 0.1) is 17.4 Å². The van der Waals surface area contributed by atoms with Crippen LogP contribution >= 0.6 is 0 Å². The van der Waals surface area contributed by atoms with Crippen LogP contribution < -0.4 is 11.1 Å². The number of nitrogen functional groups attached to an aromatic ring is 1. The summed E-state index contributed by atoms with van der Waals surface area (Å²) in [7, 11) is 0. The number of hydrogen-bond acceptors (Lipinski definition) is 3. The number of fused-ring (bicyclic) bond motifs is 1. The molecular formula is C13H19N3O. The highest BCUT2D eigenvalue weighted by Crippen LogP contribution is 2.28. The van der Waals surface area contributed by atoms with E-state index < -0.39 is 0 Å². The van der Waals surface area contributed by atoms with Gasteiger partial charge >= 0.3 is 0 Å². The summed E-state index contributed by atoms with van der Waals surface area (Å²) >= 11 is 0. The van der Waals surface area contributed by atoms with Crippen LogP contribution in [0.1, 0.15) is 18.9 Å². The predicted octanol–water partition coefficient (Wildman–Crippen LogP) is 1.47. The average Bonchev–Trinajstić information content (AvgIpc) is 2.36. The van der Waals surface area contributed by atoms with Crippen molar-refractivity contribution < 1.29 is 4.79 Å². The monoisotopic (exact) mass is 233 g/mol. The molecular weight excluding hydrogens is 214 g/mol. The summed E-state index contributed by atoms with van der Waals surface area (Å²) in [6.07, 6.45) is 2.82. The Labute approximate surface area is 102 Å². The molecule has 0 aliphatic carbocycles. The molecule has 0 aromatic heterocycles. The number of carbonyl (C=O) groups excluding carboxylic acids is 1. The molecule has 0 radical (unpaired) electrons. The third-order valence-electron chi connectivity index (χ3n) is 3.24. The number of rotatable bonds is 4. The van der Waals surface area contributed by atoms with Crippen molar-refractivity contribution in [1.29, 1.82) is 0 Å². The lowest BCUT2D eigenvalue weighted by molar-refractivity contribution is -0.120. The zero-order valence-electron chi connectivity index (χ0n) is 10.1. The molecule has 2 rings (SSSR count). The summed E-state index contributed by atoms with van der Waals surface area (Å²) in [5.41, 5.74) is 8.93. The minimum Gasteiger partial charge on any atom is -0.397 e. The second kappa shape index (κ2) is 5.08. The van der Waals surface area contributed by atoms with Gasteiger partial charge in [-0.1, -0.05) is 19.1 Å². The van der Waals surface area contributed by atoms with E-state index in [9.17, 15) is 4.79 Å². The Hall–Kier alpha value is -1.71. The highest BCUT2D eigenvalue weighted by molar-refractivity contribution is 5.71. The summed E-state index contributed by atoms with van der Waals surface area (Å²) in [5, 5.41) is 3.33. The Balaban J connectivity index is 2.15. The van der Waals surface area contributed by atoms with Crippen LogP contribution in [0.2, 0.25) is 0 Å². The molecule has 92 valence electrons. The van der Waals surface area contributed by atoms with Crippen LogP contribution in [-0.2, 0) is 11.2 Å². The molecule has 1 aromatic carbocycles. The normalized spacial score (nSPS) is 18.1. The summed E-state index contributed by atoms with van der Waals surface area (Å²) < 4.78 is 0. The van der Waals surface area contributed by atoms with Crippen LogP contribution in [0.25, 0.3) is 0 Å². The van der Waals surface area contributed by atoms with Crippen LogP contribution in [0.15, 0.2) is 18.2 Å². The van der Waals surface area contributed by atoms with E-state index in [0.29, 0.717) is 0 Å². The van der Waals surface area contributed by atoms with Crippen molar-refractivity contribution in [2.45, 2.75) is 25.8 Å². The number of carbonyl (C=O) groups is 1. The molecule has 0 saturated carbocycles. The van der Waals surface area contributed by atoms with Crippen LogP contribution in [0.4, 0.5) is 11.4 Å². The fraction of sp³-hybridized carbons (Fsp3) is 0.462. The van der Waals surface area contributed by atoms with Crippen molar-refractivity contribution in [2.24, 2.45) is 0 Å². The van der Waals surface area contributed by atoms with Gasteiger partial charge in [-0.25, -0.2) is 0 Å². The lowest BCUT2D eigenvalue weighted by Crippen LogP contribution is -2.43. The number of anilines is 2. The summed E-state index contributed by atoms with van der Waals surface area (Å²) in [4.78, 5) is 12.9. The lowest BCUT2D eigenvalue weighted by Gasteiger charge is -2.33. The summed E-state index contributed by atoms with van der Waals surface area (Å²) in [5.74, 6) is 0. The highest BCUT2D eigenvalue weighted by Gasteiger charge is 2.23. The third-order valence-corrected chi connectivity index (χ3v) is 3.24. The van der Waals surface area contributed by atoms with Gasteiger partial charge in [-0.15, -0.1) is 0 Å². The number of nitrogens with two attached hydrogens (primary N) is 1. The fourth-order valence-corrected chi connectivity index (χ4v) is 2.37. The Morgan fingerprint density at radius 3 is 3.12 bits per heavy atom. The first-order chi connectivity index (χ1) is 8.26. The molecule has 1 amide bonds. The molecule has 0 saturated heterocycles. The summed E-state index contributed by atoms with van der Waals surface area (Å²) in [6.45, 7) is 3.67. The Kier molecular flexibility index (Phi) is 3.52. The lowest BCUT2D eigenvalue weighted by atomic mass is 9.97. The van der Waals surface area contributed by atoms with Gasteiger partial charge in [0, 0.05) is 13.1 Å². The predicted molar refractivity (Wildman–Crippen MR) is 69.9 cm³/mol. The van der Waals surface area contributed by atoms with E-state index in [1.54, 1.807) is 0 Å². The molecule has 1 aliphatic heterocycles. The largest absolute Gasteiger partial charge is 0.397 e. The number of benzene rings is 1. The topological polar surface area (TPSA) is 58.4 Å². The SMILES string of the molecule is CCCN(C=O)C1CNc2c(N)cccc2C1. The van der Waals surface area contributed by atoms with Gasteiger partial charge in [-0.05, 0) is 24.5 Å². The zero-order chi connectivity index (χ0) is 12.3. The van der Waals surface area contributed by atoms with Crippen molar-refractivity contribution >= 4 is 17.8 Å². The van der Waals surface area contributed by atoms with E-state index in [2.05, 4.69) is 18.3 Å². The maximum Gasteiger partial charge on any atom is 0.210 e. The van der Waals surface area contributed by atoms with Gasteiger partial charge in [0.2, 0.25) is 6.41 Å². The average molecular weight is 233 g/mol. The third kappa shape index (κ3) is 2.35. The van der Waals surface area contributed by atoms with Crippen LogP contribution in [-0.4, -0.2) is 30.4 Å². The Morgan fingerprint density at radius 2 is 2.41 bits per heavy atom. The van der Waals surface area contributed by atoms with Gasteiger partial charge in [0.25, 0.3) is 0 Å². The molecule has 3 N–H and O–H groups in total. The minimum atomic E-state index is 0.238. The quantitative estimate of drug-likeness (QED) is 0.611. The molecule has 1 heterocycles. The first-order valence-corrected chi connectivity index (χ1v) is 6.08. The van der Waals surface area contributed by atoms with Crippen molar-refractivity contribution in [3.8, 4) is 0 Å². The van der Waals surface area contributed by atoms with Crippen LogP contribution in [0, 0.1) is 0 Å². The molecule has 4 nitrogen and oxygen atoms in total. The maximum absolute atomic E-state index is 11.0. The highest BCUT2D eigenvalue weighted by atomic mass is 16.1. The number of nitrogens with zero attached hydrogens (tertiary/aromatic N) is 1. The first kappa shape index (κ1) is 11.8. The van der Waals surface area contributed by atoms with E-state index >= 15 is 0 Å². The van der Waals surface area contributed by atoms with Crippen molar-refractivity contribution in [2.75, 3.05) is 24.1 Å². The molecule has 1 unspecified atom stereocenters. The molecule has 0 fully saturated rings. The standard InChI is InChI=1S/C13H19N3O/c1-2-6-16(9-17)11-7-10-4-3-5-12(14)13(10)15-8-11/h3-5,9,11,15H,2,6-8,14H2,1H3. The molecule has 0 spiro atoms. The molecule has 1 aromatic rings. The molecule has 0 bridgehead atoms. The number of hydrogen-bond donors (Lipinski definition) is 2. The Bertz CT molecular complexity index is 406. The van der Waals surface area contributed by atoms with Crippen LogP contribution in [0.5, 0.6) is 0 Å². The zero-order valence-corrected chi connectivity index (χ0v) is 10.1. The smallest absolute Gasteiger partial charge is 0.210 e. The number of para-hydroxylation sites is 1. The van der Waals surface area contributed by atoms with Crippen molar-refractivity contribution in [3.05, 3.63) is 23.8 Å². The second-order valence-electron chi connectivity index (χ2n) is 4.46.